The molecule has 0 saturated carbocycles. The first-order chi connectivity index (χ1) is 17.4. The number of carbonyl (C=O) groups excluding carboxylic acids is 2. The van der Waals surface area contributed by atoms with Gasteiger partial charge in [-0.3, -0.25) is 9.59 Å². The summed E-state index contributed by atoms with van der Waals surface area (Å²) in [6.07, 6.45) is -1.99. The molecule has 0 unspecified atom stereocenters. The van der Waals surface area contributed by atoms with Gasteiger partial charge in [-0.05, 0) is 25.7 Å². The van der Waals surface area contributed by atoms with Gasteiger partial charge in [-0.15, -0.1) is 5.10 Å². The lowest BCUT2D eigenvalue weighted by atomic mass is 9.98. The van der Waals surface area contributed by atoms with Gasteiger partial charge in [-0.2, -0.15) is 0 Å². The first kappa shape index (κ1) is 30.0. The fourth-order valence-electron chi connectivity index (χ4n) is 3.87. The molecule has 1 aromatic rings. The van der Waals surface area contributed by atoms with Crippen LogP contribution in [-0.2, 0) is 4.74 Å². The Hall–Kier alpha value is -2.20. The molecule has 1 saturated heterocycles. The highest BCUT2D eigenvalue weighted by atomic mass is 16.6. The Morgan fingerprint density at radius 2 is 1.33 bits per heavy atom. The number of aliphatic hydroxyl groups excluding tert-OH is 6. The highest BCUT2D eigenvalue weighted by molar-refractivity contribution is 6.04. The van der Waals surface area contributed by atoms with Crippen LogP contribution in [0.15, 0.2) is 0 Å². The Balaban J connectivity index is 2.19. The Morgan fingerprint density at radius 3 is 1.89 bits per heavy atom. The quantitative estimate of drug-likeness (QED) is 0.110. The molecule has 2 heterocycles. The predicted octanol–water partition coefficient (Wildman–Crippen LogP) is -2.18. The van der Waals surface area contributed by atoms with E-state index < -0.39 is 49.1 Å². The van der Waals surface area contributed by atoms with Crippen molar-refractivity contribution in [3.63, 3.8) is 0 Å². The van der Waals surface area contributed by atoms with Crippen LogP contribution in [0.2, 0.25) is 0 Å². The Morgan fingerprint density at radius 1 is 0.778 bits per heavy atom. The second-order valence-electron chi connectivity index (χ2n) is 8.74. The fraction of sp³-hybridized carbons (Fsp3) is 0.818. The van der Waals surface area contributed by atoms with Crippen LogP contribution in [0.4, 0.5) is 0 Å². The average Bonchev–Trinajstić information content (AvgIpc) is 3.32. The summed E-state index contributed by atoms with van der Waals surface area (Å²) in [6, 6.07) is 0. The molecular formula is C22H39N5O9. The third kappa shape index (κ3) is 8.16. The van der Waals surface area contributed by atoms with E-state index in [0.29, 0.717) is 32.2 Å². The SMILES string of the molecule is O=C(NCCCCCCO)c1nnn([C@@H]2O[C@H](CO)[C@@H](O)[C@H](O)[C@H]2O)c1C(=O)NCCCCCCO. The monoisotopic (exact) mass is 517 g/mol. The summed E-state index contributed by atoms with van der Waals surface area (Å²) >= 11 is 0. The first-order valence-electron chi connectivity index (χ1n) is 12.4. The molecule has 0 spiro atoms. The largest absolute Gasteiger partial charge is 0.396 e. The van der Waals surface area contributed by atoms with Crippen molar-refractivity contribution >= 4 is 11.8 Å². The number of hydrogen-bond donors (Lipinski definition) is 8. The molecule has 5 atom stereocenters. The summed E-state index contributed by atoms with van der Waals surface area (Å²) in [7, 11) is 0. The maximum Gasteiger partial charge on any atom is 0.274 e. The van der Waals surface area contributed by atoms with Crippen molar-refractivity contribution < 1.29 is 45.0 Å². The molecule has 36 heavy (non-hydrogen) atoms. The standard InChI is InChI=1S/C22H39N5O9/c28-11-7-3-1-5-9-23-20(34)15-16(21(35)24-10-6-2-4-8-12-29)27(26-25-15)22-19(33)18(32)17(31)14(13-30)36-22/h14,17-19,22,28-33H,1-13H2,(H,23,34)(H,24,35)/t14-,17-,18+,19-,22-/m1/s1. The Bertz CT molecular complexity index is 807. The minimum absolute atomic E-state index is 0.0935. The lowest BCUT2D eigenvalue weighted by Gasteiger charge is -2.39. The summed E-state index contributed by atoms with van der Waals surface area (Å²) in [5.41, 5.74) is -0.604. The number of ether oxygens (including phenoxy) is 1. The number of carbonyl (C=O) groups is 2. The van der Waals surface area contributed by atoms with E-state index in [1.54, 1.807) is 0 Å². The number of hydrogen-bond acceptors (Lipinski definition) is 11. The van der Waals surface area contributed by atoms with Crippen LogP contribution in [0.1, 0.15) is 78.6 Å². The third-order valence-corrected chi connectivity index (χ3v) is 5.97. The molecule has 1 aliphatic rings. The van der Waals surface area contributed by atoms with Crippen LogP contribution < -0.4 is 10.6 Å². The Labute approximate surface area is 209 Å². The predicted molar refractivity (Wildman–Crippen MR) is 125 cm³/mol. The van der Waals surface area contributed by atoms with E-state index >= 15 is 0 Å². The molecular weight excluding hydrogens is 478 g/mol. The van der Waals surface area contributed by atoms with Crippen LogP contribution in [0.25, 0.3) is 0 Å². The molecule has 14 heteroatoms. The maximum atomic E-state index is 13.1. The second kappa shape index (κ2) is 15.8. The van der Waals surface area contributed by atoms with E-state index in [1.807, 2.05) is 0 Å². The van der Waals surface area contributed by atoms with Crippen molar-refractivity contribution in [3.05, 3.63) is 11.4 Å². The summed E-state index contributed by atoms with van der Waals surface area (Å²) in [6.45, 7) is 0.109. The molecule has 1 aromatic heterocycles. The number of nitrogens with one attached hydrogen (secondary N) is 2. The molecule has 8 N–H and O–H groups in total. The average molecular weight is 518 g/mol. The number of amides is 2. The van der Waals surface area contributed by atoms with Gasteiger partial charge in [-0.25, -0.2) is 4.68 Å². The molecule has 0 aromatic carbocycles. The fourth-order valence-corrected chi connectivity index (χ4v) is 3.87. The zero-order valence-electron chi connectivity index (χ0n) is 20.3. The van der Waals surface area contributed by atoms with Gasteiger partial charge in [0.2, 0.25) is 0 Å². The number of unbranched alkanes of at least 4 members (excludes halogenated alkanes) is 6. The maximum absolute atomic E-state index is 13.1. The van der Waals surface area contributed by atoms with Gasteiger partial charge in [0.15, 0.2) is 17.6 Å². The summed E-state index contributed by atoms with van der Waals surface area (Å²) in [5.74, 6) is -1.37. The highest BCUT2D eigenvalue weighted by Crippen LogP contribution is 2.29. The van der Waals surface area contributed by atoms with Crippen LogP contribution >= 0.6 is 0 Å². The normalized spacial score (nSPS) is 24.0. The van der Waals surface area contributed by atoms with Crippen molar-refractivity contribution in [3.8, 4) is 0 Å². The lowest BCUT2D eigenvalue weighted by Crippen LogP contribution is -2.57. The van der Waals surface area contributed by atoms with E-state index in [4.69, 9.17) is 14.9 Å². The minimum atomic E-state index is -1.73. The third-order valence-electron chi connectivity index (χ3n) is 5.97. The van der Waals surface area contributed by atoms with Crippen molar-refractivity contribution in [2.45, 2.75) is 82.0 Å². The number of aromatic nitrogens is 3. The molecule has 1 aliphatic heterocycles. The van der Waals surface area contributed by atoms with Gasteiger partial charge in [0, 0.05) is 26.3 Å². The van der Waals surface area contributed by atoms with Crippen molar-refractivity contribution in [1.82, 2.24) is 25.6 Å². The van der Waals surface area contributed by atoms with Gasteiger partial charge in [-0.1, -0.05) is 30.9 Å². The zero-order chi connectivity index (χ0) is 26.5. The molecule has 2 amide bonds. The minimum Gasteiger partial charge on any atom is -0.396 e. The van der Waals surface area contributed by atoms with Crippen molar-refractivity contribution in [2.24, 2.45) is 0 Å². The van der Waals surface area contributed by atoms with Crippen LogP contribution in [0.5, 0.6) is 0 Å². The lowest BCUT2D eigenvalue weighted by molar-refractivity contribution is -0.254. The molecule has 14 nitrogen and oxygen atoms in total. The molecule has 0 aliphatic carbocycles. The van der Waals surface area contributed by atoms with E-state index in [9.17, 15) is 30.0 Å². The first-order valence-corrected chi connectivity index (χ1v) is 12.4. The zero-order valence-corrected chi connectivity index (χ0v) is 20.3. The smallest absolute Gasteiger partial charge is 0.274 e. The van der Waals surface area contributed by atoms with Crippen LogP contribution in [0.3, 0.4) is 0 Å². The Kier molecular flexibility index (Phi) is 13.2. The van der Waals surface area contributed by atoms with Crippen LogP contribution in [0, 0.1) is 0 Å². The van der Waals surface area contributed by atoms with E-state index in [0.717, 1.165) is 30.4 Å². The van der Waals surface area contributed by atoms with Gasteiger partial charge in [0.25, 0.3) is 11.8 Å². The number of aliphatic hydroxyl groups is 6. The van der Waals surface area contributed by atoms with Gasteiger partial charge < -0.3 is 46.0 Å². The van der Waals surface area contributed by atoms with Crippen molar-refractivity contribution in [2.75, 3.05) is 32.9 Å². The van der Waals surface area contributed by atoms with E-state index in [1.165, 1.54) is 0 Å². The topological polar surface area (TPSA) is 220 Å². The molecule has 0 bridgehead atoms. The molecule has 0 radical (unpaired) electrons. The molecule has 2 rings (SSSR count). The molecule has 206 valence electrons. The van der Waals surface area contributed by atoms with E-state index in [-0.39, 0.29) is 31.1 Å². The van der Waals surface area contributed by atoms with Crippen molar-refractivity contribution in [1.29, 1.82) is 0 Å². The van der Waals surface area contributed by atoms with Gasteiger partial charge in [0.1, 0.15) is 24.4 Å². The summed E-state index contributed by atoms with van der Waals surface area (Å²) in [5, 5.41) is 70.9. The highest BCUT2D eigenvalue weighted by Gasteiger charge is 2.46. The van der Waals surface area contributed by atoms with E-state index in [2.05, 4.69) is 20.9 Å². The number of nitrogens with zero attached hydrogens (tertiary/aromatic N) is 3. The van der Waals surface area contributed by atoms with Gasteiger partial charge >= 0.3 is 0 Å². The summed E-state index contributed by atoms with van der Waals surface area (Å²) < 4.78 is 6.38. The second-order valence-corrected chi connectivity index (χ2v) is 8.74. The number of rotatable bonds is 16. The van der Waals surface area contributed by atoms with Crippen LogP contribution in [-0.4, -0.2) is 115 Å². The van der Waals surface area contributed by atoms with Gasteiger partial charge in [0.05, 0.1) is 6.61 Å². The summed E-state index contributed by atoms with van der Waals surface area (Å²) in [4.78, 5) is 25.9. The molecule has 1 fully saturated rings.